The molecule has 6 heteroatoms. The summed E-state index contributed by atoms with van der Waals surface area (Å²) in [6.07, 6.45) is 7.47. The van der Waals surface area contributed by atoms with Crippen LogP contribution in [0.1, 0.15) is 11.1 Å². The molecule has 0 amide bonds. The number of imidazole rings is 1. The van der Waals surface area contributed by atoms with Crippen molar-refractivity contribution >= 4 is 75.7 Å². The van der Waals surface area contributed by atoms with Crippen LogP contribution in [-0.4, -0.2) is 22.4 Å². The molecular formula is C31H22Br2N4. The van der Waals surface area contributed by atoms with Crippen molar-refractivity contribution in [2.45, 2.75) is 0 Å². The van der Waals surface area contributed by atoms with Gasteiger partial charge in [0.2, 0.25) is 0 Å². The summed E-state index contributed by atoms with van der Waals surface area (Å²) in [6, 6.07) is 34.2. The highest BCUT2D eigenvalue weighted by Crippen LogP contribution is 2.26. The maximum absolute atomic E-state index is 4.74. The molecule has 0 unspecified atom stereocenters. The number of hydrogen-bond donors (Lipinski definition) is 1. The largest absolute Gasteiger partial charge is 0.338 e. The Morgan fingerprint density at radius 1 is 0.649 bits per heavy atom. The standard InChI is InChI=1S/C31H22Br2N4/c32-27(22-7-3-1-4-8-22)17-19-34-25-13-11-24(12-14-25)31-36-29-16-15-26(21-30(29)37-31)35-20-18-28(33)23-9-5-2-6-10-23/h1-21H,(H,36,37)/b27-17-,28-18+,34-19?,35-20?. The van der Waals surface area contributed by atoms with Gasteiger partial charge in [-0.15, -0.1) is 0 Å². The van der Waals surface area contributed by atoms with Crippen molar-refractivity contribution in [1.82, 2.24) is 9.97 Å². The first kappa shape index (κ1) is 24.8. The minimum Gasteiger partial charge on any atom is -0.338 e. The van der Waals surface area contributed by atoms with Crippen molar-refractivity contribution in [3.63, 3.8) is 0 Å². The Labute approximate surface area is 232 Å². The van der Waals surface area contributed by atoms with Gasteiger partial charge in [-0.2, -0.15) is 0 Å². The van der Waals surface area contributed by atoms with E-state index in [0.717, 1.165) is 53.9 Å². The van der Waals surface area contributed by atoms with Crippen molar-refractivity contribution in [3.05, 3.63) is 126 Å². The number of fused-ring (bicyclic) bond motifs is 1. The Bertz CT molecular complexity index is 1610. The summed E-state index contributed by atoms with van der Waals surface area (Å²) < 4.78 is 1.97. The van der Waals surface area contributed by atoms with Crippen LogP contribution < -0.4 is 0 Å². The first-order chi connectivity index (χ1) is 18.2. The van der Waals surface area contributed by atoms with E-state index in [1.165, 1.54) is 0 Å². The first-order valence-corrected chi connectivity index (χ1v) is 13.2. The van der Waals surface area contributed by atoms with E-state index >= 15 is 0 Å². The van der Waals surface area contributed by atoms with Crippen LogP contribution in [0.2, 0.25) is 0 Å². The van der Waals surface area contributed by atoms with E-state index in [0.29, 0.717) is 0 Å². The Morgan fingerprint density at radius 3 is 1.78 bits per heavy atom. The lowest BCUT2D eigenvalue weighted by Gasteiger charge is -1.98. The molecule has 0 bridgehead atoms. The van der Waals surface area contributed by atoms with Gasteiger partial charge in [0.15, 0.2) is 0 Å². The number of hydrogen-bond acceptors (Lipinski definition) is 3. The predicted molar refractivity (Wildman–Crippen MR) is 165 cm³/mol. The van der Waals surface area contributed by atoms with Gasteiger partial charge in [0.1, 0.15) is 5.82 Å². The zero-order chi connectivity index (χ0) is 25.5. The highest BCUT2D eigenvalue weighted by molar-refractivity contribution is 9.15. The second-order valence-electron chi connectivity index (χ2n) is 8.15. The topological polar surface area (TPSA) is 53.4 Å². The van der Waals surface area contributed by atoms with Crippen molar-refractivity contribution in [3.8, 4) is 11.4 Å². The number of nitrogens with one attached hydrogen (secondary N) is 1. The average molecular weight is 610 g/mol. The Balaban J connectivity index is 1.27. The van der Waals surface area contributed by atoms with Crippen LogP contribution in [-0.2, 0) is 0 Å². The summed E-state index contributed by atoms with van der Waals surface area (Å²) in [7, 11) is 0. The first-order valence-electron chi connectivity index (χ1n) is 11.7. The van der Waals surface area contributed by atoms with Gasteiger partial charge in [-0.05, 0) is 65.7 Å². The van der Waals surface area contributed by atoms with Gasteiger partial charge in [0, 0.05) is 27.0 Å². The van der Waals surface area contributed by atoms with Crippen LogP contribution in [0.3, 0.4) is 0 Å². The van der Waals surface area contributed by atoms with Gasteiger partial charge in [0.25, 0.3) is 0 Å². The smallest absolute Gasteiger partial charge is 0.138 e. The molecule has 5 rings (SSSR count). The number of aromatic amines is 1. The second-order valence-corrected chi connectivity index (χ2v) is 9.86. The van der Waals surface area contributed by atoms with Crippen LogP contribution >= 0.6 is 31.9 Å². The summed E-state index contributed by atoms with van der Waals surface area (Å²) in [5.41, 5.74) is 6.77. The quantitative estimate of drug-likeness (QED) is 0.184. The monoisotopic (exact) mass is 608 g/mol. The predicted octanol–water partition coefficient (Wildman–Crippen LogP) is 9.51. The molecule has 0 aliphatic heterocycles. The molecule has 0 radical (unpaired) electrons. The molecule has 0 aliphatic rings. The fourth-order valence-electron chi connectivity index (χ4n) is 3.68. The summed E-state index contributed by atoms with van der Waals surface area (Å²) in [4.78, 5) is 17.3. The molecule has 0 fully saturated rings. The van der Waals surface area contributed by atoms with Gasteiger partial charge in [-0.3, -0.25) is 9.98 Å². The van der Waals surface area contributed by atoms with Crippen molar-refractivity contribution in [2.75, 3.05) is 0 Å². The Hall–Kier alpha value is -3.87. The zero-order valence-corrected chi connectivity index (χ0v) is 22.9. The van der Waals surface area contributed by atoms with Crippen LogP contribution in [0.15, 0.2) is 125 Å². The van der Waals surface area contributed by atoms with Crippen molar-refractivity contribution < 1.29 is 0 Å². The lowest BCUT2D eigenvalue weighted by molar-refractivity contribution is 1.33. The van der Waals surface area contributed by atoms with E-state index in [4.69, 9.17) is 4.98 Å². The fraction of sp³-hybridized carbons (Fsp3) is 0. The highest BCUT2D eigenvalue weighted by atomic mass is 79.9. The van der Waals surface area contributed by atoms with E-state index in [-0.39, 0.29) is 0 Å². The van der Waals surface area contributed by atoms with Gasteiger partial charge in [0.05, 0.1) is 22.4 Å². The summed E-state index contributed by atoms with van der Waals surface area (Å²) in [6.45, 7) is 0. The van der Waals surface area contributed by atoms with Gasteiger partial charge in [-0.1, -0.05) is 92.5 Å². The van der Waals surface area contributed by atoms with Crippen LogP contribution in [0.25, 0.3) is 31.4 Å². The number of rotatable bonds is 7. The lowest BCUT2D eigenvalue weighted by atomic mass is 10.2. The van der Waals surface area contributed by atoms with Gasteiger partial charge in [-0.25, -0.2) is 4.98 Å². The molecule has 5 aromatic rings. The summed E-state index contributed by atoms with van der Waals surface area (Å²) in [5, 5.41) is 0. The molecule has 1 aromatic heterocycles. The minimum atomic E-state index is 0.810. The summed E-state index contributed by atoms with van der Waals surface area (Å²) in [5.74, 6) is 0.810. The SMILES string of the molecule is Br/C(=C\C=Nc1ccc(-c2nc3ccc(N=C/C=C(/Br)c4ccccc4)cc3[nH]2)cc1)c1ccccc1. The fourth-order valence-corrected chi connectivity index (χ4v) is 4.45. The Morgan fingerprint density at radius 2 is 1.19 bits per heavy atom. The molecule has 0 saturated carbocycles. The third kappa shape index (κ3) is 6.47. The molecule has 1 N–H and O–H groups in total. The van der Waals surface area contributed by atoms with Crippen molar-refractivity contribution in [2.24, 2.45) is 9.98 Å². The molecule has 0 spiro atoms. The molecule has 37 heavy (non-hydrogen) atoms. The molecule has 0 aliphatic carbocycles. The van der Waals surface area contributed by atoms with E-state index in [1.54, 1.807) is 12.4 Å². The van der Waals surface area contributed by atoms with Gasteiger partial charge >= 0.3 is 0 Å². The third-order valence-corrected chi connectivity index (χ3v) is 7.04. The van der Waals surface area contributed by atoms with Crippen LogP contribution in [0.5, 0.6) is 0 Å². The number of halogens is 2. The van der Waals surface area contributed by atoms with Crippen LogP contribution in [0, 0.1) is 0 Å². The molecular weight excluding hydrogens is 588 g/mol. The maximum atomic E-state index is 4.74. The molecule has 180 valence electrons. The molecule has 1 heterocycles. The second kappa shape index (κ2) is 11.9. The van der Waals surface area contributed by atoms with E-state index in [2.05, 4.69) is 46.8 Å². The van der Waals surface area contributed by atoms with Crippen LogP contribution in [0.4, 0.5) is 11.4 Å². The van der Waals surface area contributed by atoms with E-state index in [9.17, 15) is 0 Å². The average Bonchev–Trinajstić information content (AvgIpc) is 3.38. The Kier molecular flexibility index (Phi) is 7.99. The zero-order valence-electron chi connectivity index (χ0n) is 19.7. The molecule has 0 atom stereocenters. The number of allylic oxidation sites excluding steroid dienone is 2. The number of H-pyrrole nitrogens is 1. The number of nitrogens with zero attached hydrogens (tertiary/aromatic N) is 3. The minimum absolute atomic E-state index is 0.810. The maximum Gasteiger partial charge on any atom is 0.138 e. The van der Waals surface area contributed by atoms with Gasteiger partial charge < -0.3 is 4.98 Å². The normalized spacial score (nSPS) is 12.7. The van der Waals surface area contributed by atoms with E-state index < -0.39 is 0 Å². The molecule has 4 aromatic carbocycles. The summed E-state index contributed by atoms with van der Waals surface area (Å²) >= 11 is 7.20. The molecule has 0 saturated heterocycles. The third-order valence-electron chi connectivity index (χ3n) is 5.59. The molecule has 4 nitrogen and oxygen atoms in total. The van der Waals surface area contributed by atoms with Crippen molar-refractivity contribution in [1.29, 1.82) is 0 Å². The highest BCUT2D eigenvalue weighted by Gasteiger charge is 2.06. The number of benzene rings is 4. The number of aliphatic imine (C=N–C) groups is 2. The lowest BCUT2D eigenvalue weighted by Crippen LogP contribution is -1.79. The van der Waals surface area contributed by atoms with E-state index in [1.807, 2.05) is 115 Å². The number of aromatic nitrogens is 2.